The third-order valence-electron chi connectivity index (χ3n) is 7.85. The van der Waals surface area contributed by atoms with E-state index in [1.165, 1.54) is 35.7 Å². The van der Waals surface area contributed by atoms with Crippen molar-refractivity contribution < 1.29 is 45.8 Å². The van der Waals surface area contributed by atoms with Crippen molar-refractivity contribution >= 4 is 27.8 Å². The van der Waals surface area contributed by atoms with Gasteiger partial charge in [0.15, 0.2) is 6.10 Å². The lowest BCUT2D eigenvalue weighted by Gasteiger charge is -2.31. The predicted molar refractivity (Wildman–Crippen MR) is 166 cm³/mol. The van der Waals surface area contributed by atoms with Gasteiger partial charge in [0.05, 0.1) is 36.3 Å². The molecular formula is C32H37F3N4O7S. The van der Waals surface area contributed by atoms with Crippen molar-refractivity contribution in [3.8, 4) is 5.75 Å². The highest BCUT2D eigenvalue weighted by atomic mass is 32.2. The number of hydrogen-bond acceptors (Lipinski definition) is 8. The summed E-state index contributed by atoms with van der Waals surface area (Å²) >= 11 is 0. The van der Waals surface area contributed by atoms with E-state index in [0.29, 0.717) is 18.4 Å². The van der Waals surface area contributed by atoms with Crippen LogP contribution >= 0.6 is 0 Å². The van der Waals surface area contributed by atoms with E-state index in [4.69, 9.17) is 9.47 Å². The Bertz CT molecular complexity index is 1610. The van der Waals surface area contributed by atoms with Gasteiger partial charge in [-0.05, 0) is 54.3 Å². The molecular weight excluding hydrogens is 641 g/mol. The number of pyridine rings is 1. The summed E-state index contributed by atoms with van der Waals surface area (Å²) in [5.74, 6) is -0.494. The van der Waals surface area contributed by atoms with Crippen LogP contribution in [0.3, 0.4) is 0 Å². The molecule has 1 aliphatic rings. The maximum Gasteiger partial charge on any atom is 0.417 e. The van der Waals surface area contributed by atoms with E-state index in [1.807, 2.05) is 13.8 Å². The Kier molecular flexibility index (Phi) is 11.5. The monoisotopic (exact) mass is 678 g/mol. The molecule has 0 bridgehead atoms. The highest BCUT2D eigenvalue weighted by Gasteiger charge is 2.40. The molecule has 4 atom stereocenters. The van der Waals surface area contributed by atoms with Crippen LogP contribution in [-0.2, 0) is 32.2 Å². The van der Waals surface area contributed by atoms with Gasteiger partial charge < -0.3 is 19.9 Å². The molecule has 1 fully saturated rings. The van der Waals surface area contributed by atoms with Crippen LogP contribution in [0.1, 0.15) is 31.4 Å². The number of aromatic nitrogens is 1. The smallest absolute Gasteiger partial charge is 0.417 e. The standard InChI is InChI=1S/C32H37F3N4O7S/c1-4-21(2)18-38(47(43,44)25-13-11-24(45-3)12-14-25)19-27(40)26(16-22-8-6-5-7-9-22)37-30(41)28-20-39(31(42)46-28)29-15-10-23(17-36-29)32(33,34)35/h5-15,17,21,26-28,40H,4,16,18-20H2,1-3H3,(H,37,41)/t21-,26?,27?,28?/m0/s1. The molecule has 2 aromatic carbocycles. The zero-order chi connectivity index (χ0) is 34.4. The van der Waals surface area contributed by atoms with Gasteiger partial charge >= 0.3 is 12.3 Å². The highest BCUT2D eigenvalue weighted by molar-refractivity contribution is 7.89. The quantitative estimate of drug-likeness (QED) is 0.258. The van der Waals surface area contributed by atoms with Crippen molar-refractivity contribution in [3.05, 3.63) is 84.1 Å². The Morgan fingerprint density at radius 1 is 1.13 bits per heavy atom. The van der Waals surface area contributed by atoms with Crippen LogP contribution in [0.2, 0.25) is 0 Å². The minimum absolute atomic E-state index is 0.00674. The number of aliphatic hydroxyl groups excluding tert-OH is 1. The summed E-state index contributed by atoms with van der Waals surface area (Å²) in [6, 6.07) is 15.5. The maximum absolute atomic E-state index is 13.8. The van der Waals surface area contributed by atoms with Gasteiger partial charge in [-0.3, -0.25) is 9.69 Å². The Labute approximate surface area is 271 Å². The first-order valence-corrected chi connectivity index (χ1v) is 16.3. The molecule has 0 radical (unpaired) electrons. The second-order valence-electron chi connectivity index (χ2n) is 11.3. The van der Waals surface area contributed by atoms with Gasteiger partial charge in [-0.15, -0.1) is 0 Å². The number of nitrogens with one attached hydrogen (secondary N) is 1. The maximum atomic E-state index is 13.8. The van der Waals surface area contributed by atoms with Crippen LogP contribution in [0.4, 0.5) is 23.8 Å². The van der Waals surface area contributed by atoms with E-state index in [2.05, 4.69) is 10.3 Å². The summed E-state index contributed by atoms with van der Waals surface area (Å²) in [5, 5.41) is 14.2. The SMILES string of the molecule is CC[C@H](C)CN(CC(O)C(Cc1ccccc1)NC(=O)C1CN(c2ccc(C(F)(F)F)cn2)C(=O)O1)S(=O)(=O)c1ccc(OC)cc1. The van der Waals surface area contributed by atoms with E-state index in [9.17, 15) is 36.3 Å². The largest absolute Gasteiger partial charge is 0.497 e. The lowest BCUT2D eigenvalue weighted by Crippen LogP contribution is -2.53. The number of rotatable bonds is 14. The number of nitrogens with zero attached hydrogens (tertiary/aromatic N) is 3. The number of ether oxygens (including phenoxy) is 2. The average Bonchev–Trinajstić information content (AvgIpc) is 3.45. The Hall–Kier alpha value is -4.21. The van der Waals surface area contributed by atoms with E-state index in [0.717, 1.165) is 22.6 Å². The minimum atomic E-state index is -4.62. The van der Waals surface area contributed by atoms with Crippen LogP contribution in [0, 0.1) is 5.92 Å². The number of carbonyl (C=O) groups is 2. The summed E-state index contributed by atoms with van der Waals surface area (Å²) in [4.78, 5) is 30.6. The first-order valence-electron chi connectivity index (χ1n) is 14.9. The number of carbonyl (C=O) groups excluding carboxylic acids is 2. The van der Waals surface area contributed by atoms with Crippen molar-refractivity contribution in [3.63, 3.8) is 0 Å². The van der Waals surface area contributed by atoms with Gasteiger partial charge in [0.25, 0.3) is 5.91 Å². The average molecular weight is 679 g/mol. The van der Waals surface area contributed by atoms with E-state index in [1.54, 1.807) is 30.3 Å². The third kappa shape index (κ3) is 8.99. The summed E-state index contributed by atoms with van der Waals surface area (Å²) in [6.07, 6.45) is -7.02. The van der Waals surface area contributed by atoms with Crippen LogP contribution in [0.25, 0.3) is 0 Å². The molecule has 0 aliphatic carbocycles. The number of halogens is 3. The molecule has 3 unspecified atom stereocenters. The zero-order valence-corrected chi connectivity index (χ0v) is 26.9. The van der Waals surface area contributed by atoms with Gasteiger partial charge in [-0.25, -0.2) is 18.2 Å². The number of amides is 2. The van der Waals surface area contributed by atoms with E-state index < -0.39 is 52.0 Å². The first-order chi connectivity index (χ1) is 22.2. The highest BCUT2D eigenvalue weighted by Crippen LogP contribution is 2.30. The van der Waals surface area contributed by atoms with Gasteiger partial charge in [-0.1, -0.05) is 50.6 Å². The number of sulfonamides is 1. The van der Waals surface area contributed by atoms with Crippen LogP contribution in [-0.4, -0.2) is 79.8 Å². The molecule has 1 aliphatic heterocycles. The fraction of sp³-hybridized carbons (Fsp3) is 0.406. The summed E-state index contributed by atoms with van der Waals surface area (Å²) in [5.41, 5.74) is -0.264. The molecule has 2 N–H and O–H groups in total. The van der Waals surface area contributed by atoms with Crippen molar-refractivity contribution in [2.24, 2.45) is 5.92 Å². The molecule has 11 nitrogen and oxygen atoms in total. The van der Waals surface area contributed by atoms with Gasteiger partial charge in [0, 0.05) is 19.3 Å². The van der Waals surface area contributed by atoms with E-state index >= 15 is 0 Å². The molecule has 4 rings (SSSR count). The Balaban J connectivity index is 1.55. The third-order valence-corrected chi connectivity index (χ3v) is 9.69. The van der Waals surface area contributed by atoms with Crippen molar-refractivity contribution in [2.75, 3.05) is 31.6 Å². The molecule has 1 aromatic heterocycles. The lowest BCUT2D eigenvalue weighted by molar-refractivity contribution is -0.137. The van der Waals surface area contributed by atoms with Crippen molar-refractivity contribution in [1.29, 1.82) is 0 Å². The molecule has 2 heterocycles. The second-order valence-corrected chi connectivity index (χ2v) is 13.2. The van der Waals surface area contributed by atoms with Crippen LogP contribution in [0.5, 0.6) is 5.75 Å². The van der Waals surface area contributed by atoms with Gasteiger partial charge in [-0.2, -0.15) is 17.5 Å². The molecule has 15 heteroatoms. The Morgan fingerprint density at radius 2 is 1.81 bits per heavy atom. The van der Waals surface area contributed by atoms with Crippen LogP contribution in [0.15, 0.2) is 77.8 Å². The normalized spacial score (nSPS) is 17.2. The van der Waals surface area contributed by atoms with Crippen molar-refractivity contribution in [1.82, 2.24) is 14.6 Å². The zero-order valence-electron chi connectivity index (χ0n) is 26.1. The van der Waals surface area contributed by atoms with Gasteiger partial charge in [0.1, 0.15) is 11.6 Å². The summed E-state index contributed by atoms with van der Waals surface area (Å²) in [6.45, 7) is 3.21. The fourth-order valence-corrected chi connectivity index (χ4v) is 6.48. The van der Waals surface area contributed by atoms with Gasteiger partial charge in [0.2, 0.25) is 10.0 Å². The van der Waals surface area contributed by atoms with Crippen molar-refractivity contribution in [2.45, 2.75) is 56.0 Å². The molecule has 3 aromatic rings. The first kappa shape index (κ1) is 35.6. The fourth-order valence-electron chi connectivity index (χ4n) is 4.91. The molecule has 254 valence electrons. The Morgan fingerprint density at radius 3 is 2.38 bits per heavy atom. The molecule has 2 amide bonds. The molecule has 47 heavy (non-hydrogen) atoms. The number of hydrogen-bond donors (Lipinski definition) is 2. The van der Waals surface area contributed by atoms with Crippen LogP contribution < -0.4 is 15.0 Å². The second kappa shape index (κ2) is 15.1. The number of benzene rings is 2. The summed E-state index contributed by atoms with van der Waals surface area (Å²) in [7, 11) is -2.62. The number of methoxy groups -OCH3 is 1. The number of aliphatic hydroxyl groups is 1. The molecule has 1 saturated heterocycles. The number of alkyl halides is 3. The molecule has 0 saturated carbocycles. The number of cyclic esters (lactones) is 1. The topological polar surface area (TPSA) is 138 Å². The minimum Gasteiger partial charge on any atom is -0.497 e. The number of anilines is 1. The summed E-state index contributed by atoms with van der Waals surface area (Å²) < 4.78 is 78.0. The molecule has 0 spiro atoms. The van der Waals surface area contributed by atoms with E-state index in [-0.39, 0.29) is 42.7 Å². The predicted octanol–water partition coefficient (Wildman–Crippen LogP) is 4.26. The lowest BCUT2D eigenvalue weighted by atomic mass is 10.0.